The van der Waals surface area contributed by atoms with Crippen LogP contribution in [0.2, 0.25) is 0 Å². The fraction of sp³-hybridized carbons (Fsp3) is 0.923. The summed E-state index contributed by atoms with van der Waals surface area (Å²) in [5.41, 5.74) is -0.280. The Bertz CT molecular complexity index is 304. The third-order valence-electron chi connectivity index (χ3n) is 4.08. The molecular weight excluding hydrogens is 218 g/mol. The molecule has 2 rings (SSSR count). The van der Waals surface area contributed by atoms with Crippen molar-refractivity contribution >= 4 is 6.09 Å². The van der Waals surface area contributed by atoms with E-state index < -0.39 is 5.60 Å². The summed E-state index contributed by atoms with van der Waals surface area (Å²) in [5, 5.41) is 9.53. The van der Waals surface area contributed by atoms with Crippen molar-refractivity contribution in [3.8, 4) is 0 Å². The average molecular weight is 241 g/mol. The van der Waals surface area contributed by atoms with Crippen LogP contribution < -0.4 is 0 Å². The molecule has 1 aliphatic heterocycles. The number of aliphatic hydroxyl groups is 1. The Kier molecular flexibility index (Phi) is 3.10. The Morgan fingerprint density at radius 1 is 1.41 bits per heavy atom. The Morgan fingerprint density at radius 2 is 2.06 bits per heavy atom. The van der Waals surface area contributed by atoms with Crippen molar-refractivity contribution in [2.24, 2.45) is 5.41 Å². The molecule has 1 spiro atoms. The molecule has 0 aromatic heterocycles. The molecule has 1 unspecified atom stereocenters. The van der Waals surface area contributed by atoms with E-state index in [1.54, 1.807) is 4.90 Å². The summed E-state index contributed by atoms with van der Waals surface area (Å²) in [6.07, 6.45) is 4.23. The number of rotatable bonds is 1. The Labute approximate surface area is 103 Å². The SMILES string of the molecule is CC(C)(C)OC(=O)N1CCC2(CCC2)C1CO. The van der Waals surface area contributed by atoms with Crippen LogP contribution in [0.5, 0.6) is 0 Å². The second-order valence-corrected chi connectivity index (χ2v) is 6.34. The van der Waals surface area contributed by atoms with Gasteiger partial charge >= 0.3 is 6.09 Å². The highest BCUT2D eigenvalue weighted by Gasteiger charge is 2.52. The van der Waals surface area contributed by atoms with Crippen molar-refractivity contribution in [1.29, 1.82) is 0 Å². The summed E-state index contributed by atoms with van der Waals surface area (Å²) in [5.74, 6) is 0. The second kappa shape index (κ2) is 4.16. The van der Waals surface area contributed by atoms with Crippen LogP contribution in [0.4, 0.5) is 4.79 Å². The zero-order valence-electron chi connectivity index (χ0n) is 11.0. The van der Waals surface area contributed by atoms with Crippen LogP contribution in [-0.2, 0) is 4.74 Å². The minimum Gasteiger partial charge on any atom is -0.444 e. The first-order valence-electron chi connectivity index (χ1n) is 6.48. The van der Waals surface area contributed by atoms with Crippen LogP contribution in [0.3, 0.4) is 0 Å². The number of aliphatic hydroxyl groups excluding tert-OH is 1. The van der Waals surface area contributed by atoms with Gasteiger partial charge in [-0.2, -0.15) is 0 Å². The fourth-order valence-corrected chi connectivity index (χ4v) is 3.04. The van der Waals surface area contributed by atoms with Crippen LogP contribution in [0.25, 0.3) is 0 Å². The maximum Gasteiger partial charge on any atom is 0.410 e. The van der Waals surface area contributed by atoms with Crippen LogP contribution in [0.15, 0.2) is 0 Å². The topological polar surface area (TPSA) is 49.8 Å². The van der Waals surface area contributed by atoms with Gasteiger partial charge in [0, 0.05) is 6.54 Å². The molecule has 0 bridgehead atoms. The fourth-order valence-electron chi connectivity index (χ4n) is 3.04. The van der Waals surface area contributed by atoms with Gasteiger partial charge < -0.3 is 14.7 Å². The quantitative estimate of drug-likeness (QED) is 0.765. The van der Waals surface area contributed by atoms with Crippen molar-refractivity contribution in [3.05, 3.63) is 0 Å². The standard InChI is InChI=1S/C13H23NO3/c1-12(2,3)17-11(16)14-8-7-13(5-4-6-13)10(14)9-15/h10,15H,4-9H2,1-3H3. The van der Waals surface area contributed by atoms with Crippen LogP contribution in [0, 0.1) is 5.41 Å². The van der Waals surface area contributed by atoms with Gasteiger partial charge in [-0.25, -0.2) is 4.79 Å². The van der Waals surface area contributed by atoms with Gasteiger partial charge in [0.1, 0.15) is 5.60 Å². The zero-order valence-corrected chi connectivity index (χ0v) is 11.0. The Morgan fingerprint density at radius 3 is 2.47 bits per heavy atom. The third kappa shape index (κ3) is 2.28. The number of hydrogen-bond donors (Lipinski definition) is 1. The molecule has 17 heavy (non-hydrogen) atoms. The highest BCUT2D eigenvalue weighted by molar-refractivity contribution is 5.69. The van der Waals surface area contributed by atoms with Gasteiger partial charge in [0.25, 0.3) is 0 Å². The molecule has 0 aromatic carbocycles. The van der Waals surface area contributed by atoms with Crippen molar-refractivity contribution in [2.75, 3.05) is 13.2 Å². The lowest BCUT2D eigenvalue weighted by atomic mass is 9.64. The van der Waals surface area contributed by atoms with Crippen molar-refractivity contribution in [1.82, 2.24) is 4.90 Å². The van der Waals surface area contributed by atoms with Gasteiger partial charge in [0.15, 0.2) is 0 Å². The largest absolute Gasteiger partial charge is 0.444 e. The molecule has 1 N–H and O–H groups in total. The van der Waals surface area contributed by atoms with E-state index in [0.717, 1.165) is 25.8 Å². The average Bonchev–Trinajstić information content (AvgIpc) is 2.52. The maximum atomic E-state index is 12.1. The number of amides is 1. The first kappa shape index (κ1) is 12.7. The summed E-state index contributed by atoms with van der Waals surface area (Å²) >= 11 is 0. The second-order valence-electron chi connectivity index (χ2n) is 6.34. The molecule has 1 atom stereocenters. The van der Waals surface area contributed by atoms with E-state index in [4.69, 9.17) is 4.74 Å². The third-order valence-corrected chi connectivity index (χ3v) is 4.08. The molecule has 0 radical (unpaired) electrons. The van der Waals surface area contributed by atoms with Gasteiger partial charge in [0.05, 0.1) is 12.6 Å². The van der Waals surface area contributed by atoms with E-state index in [1.165, 1.54) is 6.42 Å². The van der Waals surface area contributed by atoms with Gasteiger partial charge in [-0.3, -0.25) is 0 Å². The molecule has 2 aliphatic rings. The molecule has 1 heterocycles. The van der Waals surface area contributed by atoms with E-state index in [1.807, 2.05) is 20.8 Å². The van der Waals surface area contributed by atoms with Crippen molar-refractivity contribution in [3.63, 3.8) is 0 Å². The normalized spacial score (nSPS) is 27.1. The molecule has 1 saturated heterocycles. The smallest absolute Gasteiger partial charge is 0.410 e. The molecule has 1 amide bonds. The number of hydrogen-bond acceptors (Lipinski definition) is 3. The highest BCUT2D eigenvalue weighted by Crippen LogP contribution is 2.52. The van der Waals surface area contributed by atoms with Crippen molar-refractivity contribution in [2.45, 2.75) is 58.1 Å². The molecule has 2 fully saturated rings. The number of carbonyl (C=O) groups is 1. The number of carbonyl (C=O) groups excluding carboxylic acids is 1. The van der Waals surface area contributed by atoms with Crippen LogP contribution >= 0.6 is 0 Å². The minimum absolute atomic E-state index is 0.0360. The Hall–Kier alpha value is -0.770. The summed E-state index contributed by atoms with van der Waals surface area (Å²) in [6, 6.07) is -0.0360. The first-order valence-corrected chi connectivity index (χ1v) is 6.48. The lowest BCUT2D eigenvalue weighted by molar-refractivity contribution is -0.00678. The summed E-state index contributed by atoms with van der Waals surface area (Å²) < 4.78 is 5.39. The predicted octanol–water partition coefficient (Wildman–Crippen LogP) is 2.16. The minimum atomic E-state index is -0.466. The molecule has 1 saturated carbocycles. The lowest BCUT2D eigenvalue weighted by Crippen LogP contribution is -2.49. The number of likely N-dealkylation sites (tertiary alicyclic amines) is 1. The molecular formula is C13H23NO3. The van der Waals surface area contributed by atoms with Crippen molar-refractivity contribution < 1.29 is 14.6 Å². The predicted molar refractivity (Wildman–Crippen MR) is 64.7 cm³/mol. The number of nitrogens with zero attached hydrogens (tertiary/aromatic N) is 1. The monoisotopic (exact) mass is 241 g/mol. The summed E-state index contributed by atoms with van der Waals surface area (Å²) in [7, 11) is 0. The first-order chi connectivity index (χ1) is 7.88. The van der Waals surface area contributed by atoms with Gasteiger partial charge in [-0.1, -0.05) is 6.42 Å². The van der Waals surface area contributed by atoms with E-state index in [-0.39, 0.29) is 24.2 Å². The molecule has 98 valence electrons. The molecule has 0 aromatic rings. The van der Waals surface area contributed by atoms with Crippen LogP contribution in [0.1, 0.15) is 46.5 Å². The van der Waals surface area contributed by atoms with Gasteiger partial charge in [-0.15, -0.1) is 0 Å². The molecule has 4 nitrogen and oxygen atoms in total. The number of ether oxygens (including phenoxy) is 1. The molecule has 4 heteroatoms. The Balaban J connectivity index is 2.04. The van der Waals surface area contributed by atoms with E-state index in [0.29, 0.717) is 0 Å². The maximum absolute atomic E-state index is 12.1. The summed E-state index contributed by atoms with van der Waals surface area (Å²) in [6.45, 7) is 6.38. The van der Waals surface area contributed by atoms with Crippen LogP contribution in [-0.4, -0.2) is 40.9 Å². The molecule has 1 aliphatic carbocycles. The summed E-state index contributed by atoms with van der Waals surface area (Å²) in [4.78, 5) is 13.8. The highest BCUT2D eigenvalue weighted by atomic mass is 16.6. The van der Waals surface area contributed by atoms with E-state index >= 15 is 0 Å². The van der Waals surface area contributed by atoms with Gasteiger partial charge in [-0.05, 0) is 45.4 Å². The lowest BCUT2D eigenvalue weighted by Gasteiger charge is -2.44. The van der Waals surface area contributed by atoms with Gasteiger partial charge in [0.2, 0.25) is 0 Å². The van der Waals surface area contributed by atoms with E-state index in [9.17, 15) is 9.90 Å². The zero-order chi connectivity index (χ0) is 12.7. The van der Waals surface area contributed by atoms with E-state index in [2.05, 4.69) is 0 Å².